The molecule has 2 aliphatic heterocycles. The number of amides is 3. The Morgan fingerprint density at radius 3 is 2.68 bits per heavy atom. The maximum absolute atomic E-state index is 12.6. The van der Waals surface area contributed by atoms with Gasteiger partial charge in [0.1, 0.15) is 5.75 Å². The first-order valence-electron chi connectivity index (χ1n) is 8.58. The van der Waals surface area contributed by atoms with Gasteiger partial charge in [0, 0.05) is 33.1 Å². The molecule has 1 aromatic rings. The predicted octanol–water partition coefficient (Wildman–Crippen LogP) is 1.03. The van der Waals surface area contributed by atoms with Crippen molar-refractivity contribution in [3.63, 3.8) is 0 Å². The van der Waals surface area contributed by atoms with Crippen molar-refractivity contribution in [2.75, 3.05) is 31.5 Å². The zero-order valence-corrected chi connectivity index (χ0v) is 14.6. The molecule has 0 radical (unpaired) electrons. The second-order valence-electron chi connectivity index (χ2n) is 6.50. The molecule has 0 spiro atoms. The Morgan fingerprint density at radius 2 is 1.92 bits per heavy atom. The normalized spacial score (nSPS) is 20.2. The van der Waals surface area contributed by atoms with Gasteiger partial charge < -0.3 is 19.9 Å². The Kier molecular flexibility index (Phi) is 4.92. The van der Waals surface area contributed by atoms with Gasteiger partial charge in [0.2, 0.25) is 11.8 Å². The fourth-order valence-electron chi connectivity index (χ4n) is 3.13. The lowest BCUT2D eigenvalue weighted by Gasteiger charge is -2.24. The van der Waals surface area contributed by atoms with Crippen molar-refractivity contribution in [3.8, 4) is 5.75 Å². The molecule has 3 rings (SSSR count). The summed E-state index contributed by atoms with van der Waals surface area (Å²) in [6, 6.07) is 5.42. The molecular formula is C18H23N3O4. The summed E-state index contributed by atoms with van der Waals surface area (Å²) in [5.41, 5.74) is 1.43. The molecule has 1 fully saturated rings. The molecule has 1 aromatic carbocycles. The van der Waals surface area contributed by atoms with E-state index < -0.39 is 6.10 Å². The first kappa shape index (κ1) is 17.3. The lowest BCUT2D eigenvalue weighted by molar-refractivity contribution is -0.132. The van der Waals surface area contributed by atoms with Gasteiger partial charge in [-0.1, -0.05) is 6.07 Å². The standard InChI is InChI=1S/C18H23N3O4/c1-12-18(24)19-15-10-14(4-5-16(15)25-12)11-17(23)21-7-3-6-20(8-9-21)13(2)22/h4-5,10,12H,3,6-9,11H2,1-2H3,(H,19,24). The van der Waals surface area contributed by atoms with Gasteiger partial charge in [0.25, 0.3) is 5.91 Å². The van der Waals surface area contributed by atoms with Crippen LogP contribution < -0.4 is 10.1 Å². The number of fused-ring (bicyclic) bond motifs is 1. The SMILES string of the molecule is CC(=O)N1CCCN(C(=O)Cc2ccc3c(c2)NC(=O)C(C)O3)CC1. The van der Waals surface area contributed by atoms with E-state index >= 15 is 0 Å². The maximum atomic E-state index is 12.6. The molecule has 2 aliphatic rings. The fraction of sp³-hybridized carbons (Fsp3) is 0.500. The van der Waals surface area contributed by atoms with Crippen molar-refractivity contribution in [3.05, 3.63) is 23.8 Å². The molecule has 25 heavy (non-hydrogen) atoms. The molecule has 0 bridgehead atoms. The van der Waals surface area contributed by atoms with E-state index in [-0.39, 0.29) is 24.1 Å². The second-order valence-corrected chi connectivity index (χ2v) is 6.50. The van der Waals surface area contributed by atoms with Gasteiger partial charge in [-0.05, 0) is 31.0 Å². The summed E-state index contributed by atoms with van der Waals surface area (Å²) in [5, 5.41) is 2.80. The minimum Gasteiger partial charge on any atom is -0.479 e. The van der Waals surface area contributed by atoms with Crippen LogP contribution in [0, 0.1) is 0 Å². The van der Waals surface area contributed by atoms with Gasteiger partial charge in [0.15, 0.2) is 6.10 Å². The molecule has 0 saturated carbocycles. The van der Waals surface area contributed by atoms with Crippen LogP contribution in [-0.4, -0.2) is 59.8 Å². The summed E-state index contributed by atoms with van der Waals surface area (Å²) in [6.07, 6.45) is 0.539. The van der Waals surface area contributed by atoms with Crippen LogP contribution in [-0.2, 0) is 20.8 Å². The second kappa shape index (κ2) is 7.13. The third kappa shape index (κ3) is 3.92. The minimum atomic E-state index is -0.513. The van der Waals surface area contributed by atoms with E-state index in [2.05, 4.69) is 5.32 Å². The highest BCUT2D eigenvalue weighted by Crippen LogP contribution is 2.30. The third-order valence-electron chi connectivity index (χ3n) is 4.62. The van der Waals surface area contributed by atoms with E-state index in [9.17, 15) is 14.4 Å². The van der Waals surface area contributed by atoms with Crippen molar-refractivity contribution in [2.24, 2.45) is 0 Å². The molecule has 7 nitrogen and oxygen atoms in total. The number of hydrogen-bond acceptors (Lipinski definition) is 4. The zero-order valence-electron chi connectivity index (χ0n) is 14.6. The largest absolute Gasteiger partial charge is 0.479 e. The lowest BCUT2D eigenvalue weighted by atomic mass is 10.1. The predicted molar refractivity (Wildman–Crippen MR) is 92.3 cm³/mol. The van der Waals surface area contributed by atoms with Crippen molar-refractivity contribution >= 4 is 23.4 Å². The van der Waals surface area contributed by atoms with Crippen LogP contribution in [0.25, 0.3) is 0 Å². The van der Waals surface area contributed by atoms with Gasteiger partial charge in [-0.3, -0.25) is 14.4 Å². The molecule has 7 heteroatoms. The zero-order chi connectivity index (χ0) is 18.0. The Morgan fingerprint density at radius 1 is 1.20 bits per heavy atom. The van der Waals surface area contributed by atoms with Crippen LogP contribution in [0.2, 0.25) is 0 Å². The minimum absolute atomic E-state index is 0.0294. The molecule has 1 atom stereocenters. The molecule has 0 aliphatic carbocycles. The first-order valence-corrected chi connectivity index (χ1v) is 8.58. The number of carbonyl (C=O) groups excluding carboxylic acids is 3. The number of rotatable bonds is 2. The van der Waals surface area contributed by atoms with Crippen LogP contribution in [0.15, 0.2) is 18.2 Å². The van der Waals surface area contributed by atoms with E-state index in [0.717, 1.165) is 12.0 Å². The van der Waals surface area contributed by atoms with Crippen LogP contribution in [0.4, 0.5) is 5.69 Å². The maximum Gasteiger partial charge on any atom is 0.265 e. The molecule has 1 saturated heterocycles. The quantitative estimate of drug-likeness (QED) is 0.868. The fourth-order valence-corrected chi connectivity index (χ4v) is 3.13. The molecule has 2 heterocycles. The molecule has 1 N–H and O–H groups in total. The van der Waals surface area contributed by atoms with E-state index in [1.54, 1.807) is 35.8 Å². The number of nitrogens with one attached hydrogen (secondary N) is 1. The molecule has 3 amide bonds. The summed E-state index contributed by atoms with van der Waals surface area (Å²) >= 11 is 0. The Labute approximate surface area is 146 Å². The highest BCUT2D eigenvalue weighted by atomic mass is 16.5. The Balaban J connectivity index is 1.64. The number of benzene rings is 1. The Bertz CT molecular complexity index is 704. The van der Waals surface area contributed by atoms with E-state index in [4.69, 9.17) is 4.74 Å². The van der Waals surface area contributed by atoms with Crippen LogP contribution >= 0.6 is 0 Å². The van der Waals surface area contributed by atoms with Gasteiger partial charge in [-0.2, -0.15) is 0 Å². The summed E-state index contributed by atoms with van der Waals surface area (Å²) < 4.78 is 5.53. The topological polar surface area (TPSA) is 79.0 Å². The van der Waals surface area contributed by atoms with Gasteiger partial charge in [0.05, 0.1) is 12.1 Å². The van der Waals surface area contributed by atoms with Crippen LogP contribution in [0.1, 0.15) is 25.8 Å². The van der Waals surface area contributed by atoms with Gasteiger partial charge in [-0.25, -0.2) is 0 Å². The number of hydrogen-bond donors (Lipinski definition) is 1. The van der Waals surface area contributed by atoms with Crippen molar-refractivity contribution in [1.82, 2.24) is 9.80 Å². The monoisotopic (exact) mass is 345 g/mol. The number of ether oxygens (including phenoxy) is 1. The van der Waals surface area contributed by atoms with Crippen LogP contribution in [0.3, 0.4) is 0 Å². The lowest BCUT2D eigenvalue weighted by Crippen LogP contribution is -2.37. The van der Waals surface area contributed by atoms with E-state index in [0.29, 0.717) is 37.6 Å². The molecular weight excluding hydrogens is 322 g/mol. The van der Waals surface area contributed by atoms with Crippen LogP contribution in [0.5, 0.6) is 5.75 Å². The molecule has 1 unspecified atom stereocenters. The molecule has 0 aromatic heterocycles. The Hall–Kier alpha value is -2.57. The van der Waals surface area contributed by atoms with E-state index in [1.165, 1.54) is 0 Å². The first-order chi connectivity index (χ1) is 11.9. The number of anilines is 1. The van der Waals surface area contributed by atoms with Gasteiger partial charge in [-0.15, -0.1) is 0 Å². The summed E-state index contributed by atoms with van der Waals surface area (Å²) in [5.74, 6) is 0.513. The average molecular weight is 345 g/mol. The smallest absolute Gasteiger partial charge is 0.265 e. The summed E-state index contributed by atoms with van der Waals surface area (Å²) in [4.78, 5) is 39.4. The average Bonchev–Trinajstić information content (AvgIpc) is 2.82. The summed E-state index contributed by atoms with van der Waals surface area (Å²) in [7, 11) is 0. The van der Waals surface area contributed by atoms with Crippen molar-refractivity contribution < 1.29 is 19.1 Å². The van der Waals surface area contributed by atoms with Gasteiger partial charge >= 0.3 is 0 Å². The third-order valence-corrected chi connectivity index (χ3v) is 4.62. The highest BCUT2D eigenvalue weighted by molar-refractivity contribution is 5.97. The van der Waals surface area contributed by atoms with Crippen molar-refractivity contribution in [2.45, 2.75) is 32.8 Å². The number of carbonyl (C=O) groups is 3. The summed E-state index contributed by atoms with van der Waals surface area (Å²) in [6.45, 7) is 5.74. The highest BCUT2D eigenvalue weighted by Gasteiger charge is 2.24. The van der Waals surface area contributed by atoms with E-state index in [1.807, 2.05) is 6.07 Å². The molecule has 134 valence electrons. The van der Waals surface area contributed by atoms with Crippen molar-refractivity contribution in [1.29, 1.82) is 0 Å². The number of nitrogens with zero attached hydrogens (tertiary/aromatic N) is 2.